The van der Waals surface area contributed by atoms with Crippen LogP contribution in [0.4, 0.5) is 5.82 Å². The Morgan fingerprint density at radius 2 is 1.76 bits per heavy atom. The summed E-state index contributed by atoms with van der Waals surface area (Å²) in [5.74, 6) is 1.19. The number of imidazole rings is 1. The average Bonchev–Trinajstić information content (AvgIpc) is 3.63. The second-order valence-electron chi connectivity index (χ2n) is 10.0. The Kier molecular flexibility index (Phi) is 5.45. The van der Waals surface area contributed by atoms with Crippen molar-refractivity contribution in [3.05, 3.63) is 90.6 Å². The molecule has 0 bridgehead atoms. The van der Waals surface area contributed by atoms with Crippen molar-refractivity contribution >= 4 is 17.0 Å². The van der Waals surface area contributed by atoms with Crippen molar-refractivity contribution in [2.75, 3.05) is 25.5 Å². The Hall–Kier alpha value is -4.07. The topological polar surface area (TPSA) is 76.1 Å². The highest BCUT2D eigenvalue weighted by Crippen LogP contribution is 2.32. The molecule has 5 heterocycles. The van der Waals surface area contributed by atoms with Crippen molar-refractivity contribution in [2.24, 2.45) is 0 Å². The predicted molar refractivity (Wildman–Crippen MR) is 147 cm³/mol. The van der Waals surface area contributed by atoms with Crippen LogP contribution in [0.25, 0.3) is 39.5 Å². The number of aromatic nitrogens is 4. The van der Waals surface area contributed by atoms with Gasteiger partial charge in [0.1, 0.15) is 11.3 Å². The van der Waals surface area contributed by atoms with Crippen LogP contribution in [0.5, 0.6) is 0 Å². The summed E-state index contributed by atoms with van der Waals surface area (Å²) in [6.07, 6.45) is 4.38. The summed E-state index contributed by atoms with van der Waals surface area (Å²) in [6.45, 7) is 4.46. The summed E-state index contributed by atoms with van der Waals surface area (Å²) in [7, 11) is 0. The first-order valence-electron chi connectivity index (χ1n) is 12.9. The maximum atomic E-state index is 6.30. The minimum Gasteiger partial charge on any atom is -0.383 e. The van der Waals surface area contributed by atoms with Gasteiger partial charge in [-0.3, -0.25) is 14.4 Å². The van der Waals surface area contributed by atoms with Gasteiger partial charge in [0.25, 0.3) is 0 Å². The zero-order valence-corrected chi connectivity index (χ0v) is 20.7. The van der Waals surface area contributed by atoms with Gasteiger partial charge in [0.2, 0.25) is 0 Å². The van der Waals surface area contributed by atoms with Crippen LogP contribution in [0.15, 0.2) is 85.1 Å². The van der Waals surface area contributed by atoms with Crippen molar-refractivity contribution < 1.29 is 0 Å². The molecule has 3 aromatic heterocycles. The van der Waals surface area contributed by atoms with Crippen molar-refractivity contribution in [3.63, 3.8) is 0 Å². The Balaban J connectivity index is 1.29. The fourth-order valence-electron chi connectivity index (χ4n) is 5.78. The van der Waals surface area contributed by atoms with Gasteiger partial charge in [-0.2, -0.15) is 0 Å². The lowest BCUT2D eigenvalue weighted by Gasteiger charge is -2.17. The van der Waals surface area contributed by atoms with E-state index in [4.69, 9.17) is 15.7 Å². The smallest absolute Gasteiger partial charge is 0.165 e. The predicted octanol–water partition coefficient (Wildman–Crippen LogP) is 4.97. The quantitative estimate of drug-likeness (QED) is 0.377. The third-order valence-corrected chi connectivity index (χ3v) is 7.60. The highest BCUT2D eigenvalue weighted by atomic mass is 15.4. The summed E-state index contributed by atoms with van der Waals surface area (Å²) in [5.41, 5.74) is 13.0. The van der Waals surface area contributed by atoms with Crippen LogP contribution < -0.4 is 5.73 Å². The molecular weight excluding hydrogens is 458 g/mol. The van der Waals surface area contributed by atoms with E-state index >= 15 is 0 Å². The summed E-state index contributed by atoms with van der Waals surface area (Å²) < 4.78 is 2.10. The summed E-state index contributed by atoms with van der Waals surface area (Å²) in [6, 6.07) is 27.7. The van der Waals surface area contributed by atoms with Crippen LogP contribution in [0.2, 0.25) is 0 Å². The first-order chi connectivity index (χ1) is 18.2. The zero-order valence-electron chi connectivity index (χ0n) is 20.7. The number of benzene rings is 2. The Morgan fingerprint density at radius 1 is 0.892 bits per heavy atom. The summed E-state index contributed by atoms with van der Waals surface area (Å²) in [4.78, 5) is 19.5. The van der Waals surface area contributed by atoms with Gasteiger partial charge in [-0.1, -0.05) is 42.5 Å². The lowest BCUT2D eigenvalue weighted by atomic mass is 10.1. The summed E-state index contributed by atoms with van der Waals surface area (Å²) in [5, 5.41) is 0. The van der Waals surface area contributed by atoms with E-state index in [1.165, 1.54) is 31.5 Å². The fourth-order valence-corrected chi connectivity index (χ4v) is 5.78. The highest BCUT2D eigenvalue weighted by molar-refractivity contribution is 5.84. The van der Waals surface area contributed by atoms with Gasteiger partial charge in [0.15, 0.2) is 11.5 Å². The second-order valence-corrected chi connectivity index (χ2v) is 10.0. The number of hydrogen-bond acceptors (Lipinski definition) is 6. The molecule has 7 nitrogen and oxygen atoms in total. The third-order valence-electron chi connectivity index (χ3n) is 7.60. The highest BCUT2D eigenvalue weighted by Gasteiger charge is 2.33. The molecule has 184 valence electrons. The van der Waals surface area contributed by atoms with E-state index in [-0.39, 0.29) is 0 Å². The molecule has 7 rings (SSSR count). The van der Waals surface area contributed by atoms with E-state index in [1.807, 2.05) is 42.5 Å². The van der Waals surface area contributed by atoms with Crippen LogP contribution >= 0.6 is 0 Å². The molecule has 2 aliphatic heterocycles. The molecule has 1 unspecified atom stereocenters. The summed E-state index contributed by atoms with van der Waals surface area (Å²) >= 11 is 0. The van der Waals surface area contributed by atoms with Gasteiger partial charge in [-0.25, -0.2) is 15.0 Å². The monoisotopic (exact) mass is 487 g/mol. The molecule has 0 aliphatic carbocycles. The van der Waals surface area contributed by atoms with Crippen LogP contribution in [-0.4, -0.2) is 55.1 Å². The molecule has 2 aromatic carbocycles. The molecule has 0 amide bonds. The number of hydrogen-bond donors (Lipinski definition) is 1. The van der Waals surface area contributed by atoms with E-state index in [0.29, 0.717) is 5.82 Å². The number of anilines is 1. The Morgan fingerprint density at radius 3 is 2.57 bits per heavy atom. The van der Waals surface area contributed by atoms with Gasteiger partial charge in [-0.05, 0) is 61.3 Å². The van der Waals surface area contributed by atoms with Crippen LogP contribution in [0.1, 0.15) is 18.4 Å². The van der Waals surface area contributed by atoms with E-state index in [9.17, 15) is 0 Å². The number of nitrogens with zero attached hydrogens (tertiary/aromatic N) is 6. The van der Waals surface area contributed by atoms with Crippen LogP contribution in [-0.2, 0) is 6.54 Å². The van der Waals surface area contributed by atoms with Crippen molar-refractivity contribution in [2.45, 2.75) is 25.4 Å². The SMILES string of the molecule is Nc1ncccc1-c1nc2ccc(-c3ccccc3)nc2n1-c1ccc(CN2CC3CCCN3C2)cc1. The number of fused-ring (bicyclic) bond motifs is 2. The molecule has 1 atom stereocenters. The molecule has 5 aromatic rings. The maximum absolute atomic E-state index is 6.30. The molecule has 2 aliphatic rings. The minimum absolute atomic E-state index is 0.452. The van der Waals surface area contributed by atoms with Crippen molar-refractivity contribution in [1.82, 2.24) is 29.3 Å². The van der Waals surface area contributed by atoms with E-state index in [2.05, 4.69) is 55.7 Å². The lowest BCUT2D eigenvalue weighted by molar-refractivity contribution is 0.247. The van der Waals surface area contributed by atoms with Gasteiger partial charge in [0.05, 0.1) is 17.9 Å². The molecule has 7 heteroatoms. The first-order valence-corrected chi connectivity index (χ1v) is 12.9. The maximum Gasteiger partial charge on any atom is 0.165 e. The van der Waals surface area contributed by atoms with Crippen molar-refractivity contribution in [1.29, 1.82) is 0 Å². The number of nitrogens with two attached hydrogens (primary N) is 1. The molecule has 2 saturated heterocycles. The van der Waals surface area contributed by atoms with Gasteiger partial charge in [-0.15, -0.1) is 0 Å². The normalized spacial score (nSPS) is 18.0. The largest absolute Gasteiger partial charge is 0.383 e. The van der Waals surface area contributed by atoms with Crippen LogP contribution in [0.3, 0.4) is 0 Å². The minimum atomic E-state index is 0.452. The van der Waals surface area contributed by atoms with Crippen molar-refractivity contribution in [3.8, 4) is 28.3 Å². The number of nitrogen functional groups attached to an aromatic ring is 1. The molecule has 0 radical (unpaired) electrons. The molecule has 0 saturated carbocycles. The fraction of sp³-hybridized carbons (Fsp3) is 0.233. The zero-order chi connectivity index (χ0) is 24.8. The second kappa shape index (κ2) is 9.10. The first kappa shape index (κ1) is 22.2. The number of rotatable bonds is 5. The molecule has 37 heavy (non-hydrogen) atoms. The standard InChI is InChI=1S/C30H29N7/c31-28-25(9-4-16-32-28)29-34-27-15-14-26(22-6-2-1-3-7-22)33-30(27)37(29)23-12-10-21(11-13-23)18-35-19-24-8-5-17-36(24)20-35/h1-4,6-7,9-16,24H,5,8,17-20H2,(H2,31,32). The van der Waals surface area contributed by atoms with Crippen LogP contribution in [0, 0.1) is 0 Å². The van der Waals surface area contributed by atoms with Gasteiger partial charge >= 0.3 is 0 Å². The molecule has 0 spiro atoms. The Bertz CT molecular complexity index is 1550. The number of pyridine rings is 2. The van der Waals surface area contributed by atoms with Gasteiger partial charge in [0, 0.05) is 36.6 Å². The Labute approximate surface area is 216 Å². The lowest BCUT2D eigenvalue weighted by Crippen LogP contribution is -2.25. The molecular formula is C30H29N7. The van der Waals surface area contributed by atoms with Gasteiger partial charge < -0.3 is 5.73 Å². The van der Waals surface area contributed by atoms with E-state index < -0.39 is 0 Å². The average molecular weight is 488 g/mol. The van der Waals surface area contributed by atoms with E-state index in [1.54, 1.807) is 6.20 Å². The van der Waals surface area contributed by atoms with E-state index in [0.717, 1.165) is 58.8 Å². The molecule has 2 N–H and O–H groups in total. The molecule has 2 fully saturated rings. The third kappa shape index (κ3) is 4.06.